The van der Waals surface area contributed by atoms with E-state index in [2.05, 4.69) is 10.1 Å². The summed E-state index contributed by atoms with van der Waals surface area (Å²) in [5.41, 5.74) is 2.81. The molecule has 0 radical (unpaired) electrons. The van der Waals surface area contributed by atoms with Crippen molar-refractivity contribution in [2.45, 2.75) is 33.3 Å². The number of carbonyl (C=O) groups excluding carboxylic acids is 2. The lowest BCUT2D eigenvalue weighted by molar-refractivity contribution is -0.138. The maximum atomic E-state index is 12.4. The van der Waals surface area contributed by atoms with Crippen LogP contribution in [0, 0.1) is 6.92 Å². The van der Waals surface area contributed by atoms with Crippen LogP contribution in [0.25, 0.3) is 6.08 Å². The summed E-state index contributed by atoms with van der Waals surface area (Å²) < 4.78 is 39.6. The van der Waals surface area contributed by atoms with Crippen LogP contribution in [0.4, 0.5) is 8.78 Å². The normalized spacial score (nSPS) is 10.9. The van der Waals surface area contributed by atoms with Crippen LogP contribution < -0.4 is 14.8 Å². The fraction of sp³-hybridized carbons (Fsp3) is 0.333. The van der Waals surface area contributed by atoms with Gasteiger partial charge in [0.25, 0.3) is 0 Å². The molecule has 1 amide bonds. The summed E-state index contributed by atoms with van der Waals surface area (Å²) in [5.74, 6) is -0.645. The first-order valence-corrected chi connectivity index (χ1v) is 10.3. The molecule has 6 nitrogen and oxygen atoms in total. The van der Waals surface area contributed by atoms with Crippen LogP contribution in [-0.2, 0) is 20.7 Å². The van der Waals surface area contributed by atoms with Gasteiger partial charge in [0.2, 0.25) is 5.91 Å². The number of hydrogen-bond acceptors (Lipinski definition) is 5. The zero-order valence-corrected chi connectivity index (χ0v) is 18.1. The SMILES string of the molecule is CCOc1cc(/C=C/C(=O)OCCNC(=O)CCc2ccc(C)cc2)ccc1OC(F)F. The topological polar surface area (TPSA) is 73.9 Å². The number of nitrogens with one attached hydrogen (secondary N) is 1. The first kappa shape index (κ1) is 24.8. The highest BCUT2D eigenvalue weighted by molar-refractivity contribution is 5.87. The number of alkyl halides is 2. The van der Waals surface area contributed by atoms with Gasteiger partial charge < -0.3 is 19.5 Å². The molecule has 172 valence electrons. The third kappa shape index (κ3) is 9.16. The van der Waals surface area contributed by atoms with Crippen molar-refractivity contribution in [2.75, 3.05) is 19.8 Å². The third-order valence-corrected chi connectivity index (χ3v) is 4.33. The Kier molecular flexibility index (Phi) is 10.2. The lowest BCUT2D eigenvalue weighted by atomic mass is 10.1. The van der Waals surface area contributed by atoms with E-state index in [4.69, 9.17) is 9.47 Å². The molecule has 0 unspecified atom stereocenters. The Morgan fingerprint density at radius 3 is 2.53 bits per heavy atom. The average molecular weight is 447 g/mol. The number of carbonyl (C=O) groups is 2. The van der Waals surface area contributed by atoms with Crippen molar-refractivity contribution >= 4 is 18.0 Å². The molecule has 0 saturated heterocycles. The Bertz CT molecular complexity index is 913. The van der Waals surface area contributed by atoms with Crippen LogP contribution in [-0.4, -0.2) is 38.2 Å². The summed E-state index contributed by atoms with van der Waals surface area (Å²) in [5, 5.41) is 2.70. The number of ether oxygens (including phenoxy) is 3. The van der Waals surface area contributed by atoms with Crippen LogP contribution in [0.3, 0.4) is 0 Å². The van der Waals surface area contributed by atoms with Crippen molar-refractivity contribution < 1.29 is 32.6 Å². The fourth-order valence-corrected chi connectivity index (χ4v) is 2.75. The first-order chi connectivity index (χ1) is 15.4. The van der Waals surface area contributed by atoms with Gasteiger partial charge in [0.05, 0.1) is 13.2 Å². The molecule has 0 aromatic heterocycles. The Morgan fingerprint density at radius 1 is 1.09 bits per heavy atom. The van der Waals surface area contributed by atoms with Crippen LogP contribution >= 0.6 is 0 Å². The number of esters is 1. The van der Waals surface area contributed by atoms with Crippen molar-refractivity contribution in [1.29, 1.82) is 0 Å². The van der Waals surface area contributed by atoms with Crippen molar-refractivity contribution in [2.24, 2.45) is 0 Å². The van der Waals surface area contributed by atoms with Crippen LogP contribution in [0.15, 0.2) is 48.5 Å². The lowest BCUT2D eigenvalue weighted by Crippen LogP contribution is -2.28. The second-order valence-corrected chi connectivity index (χ2v) is 6.85. The number of benzene rings is 2. The molecule has 0 heterocycles. The van der Waals surface area contributed by atoms with Crippen LogP contribution in [0.5, 0.6) is 11.5 Å². The molecule has 32 heavy (non-hydrogen) atoms. The number of rotatable bonds is 12. The molecule has 0 aliphatic heterocycles. The van der Waals surface area contributed by atoms with Crippen molar-refractivity contribution in [3.05, 3.63) is 65.2 Å². The smallest absolute Gasteiger partial charge is 0.387 e. The molecule has 0 atom stereocenters. The highest BCUT2D eigenvalue weighted by Gasteiger charge is 2.11. The molecular formula is C24H27F2NO5. The van der Waals surface area contributed by atoms with Gasteiger partial charge in [-0.15, -0.1) is 0 Å². The summed E-state index contributed by atoms with van der Waals surface area (Å²) >= 11 is 0. The maximum absolute atomic E-state index is 12.4. The molecule has 2 aromatic carbocycles. The Labute approximate surface area is 186 Å². The Morgan fingerprint density at radius 2 is 1.84 bits per heavy atom. The summed E-state index contributed by atoms with van der Waals surface area (Å²) in [6.07, 6.45) is 3.67. The predicted molar refractivity (Wildman–Crippen MR) is 117 cm³/mol. The molecule has 0 aliphatic rings. The van der Waals surface area contributed by atoms with Gasteiger partial charge in [-0.05, 0) is 49.6 Å². The third-order valence-electron chi connectivity index (χ3n) is 4.33. The van der Waals surface area contributed by atoms with Gasteiger partial charge >= 0.3 is 12.6 Å². The van der Waals surface area contributed by atoms with Crippen molar-refractivity contribution in [1.82, 2.24) is 5.32 Å². The van der Waals surface area contributed by atoms with E-state index in [1.165, 1.54) is 35.9 Å². The zero-order chi connectivity index (χ0) is 23.3. The average Bonchev–Trinajstić information content (AvgIpc) is 2.76. The highest BCUT2D eigenvalue weighted by atomic mass is 19.3. The van der Waals surface area contributed by atoms with E-state index in [9.17, 15) is 18.4 Å². The maximum Gasteiger partial charge on any atom is 0.387 e. The molecule has 0 bridgehead atoms. The summed E-state index contributed by atoms with van der Waals surface area (Å²) in [4.78, 5) is 23.7. The monoisotopic (exact) mass is 447 g/mol. The van der Waals surface area contributed by atoms with Crippen molar-refractivity contribution in [3.63, 3.8) is 0 Å². The number of aryl methyl sites for hydroxylation is 2. The molecule has 8 heteroatoms. The van der Waals surface area contributed by atoms with Gasteiger partial charge in [-0.1, -0.05) is 35.9 Å². The van der Waals surface area contributed by atoms with E-state index < -0.39 is 12.6 Å². The molecule has 1 N–H and O–H groups in total. The van der Waals surface area contributed by atoms with E-state index in [0.29, 0.717) is 18.4 Å². The fourth-order valence-electron chi connectivity index (χ4n) is 2.75. The van der Waals surface area contributed by atoms with Gasteiger partial charge in [0.15, 0.2) is 11.5 Å². The van der Waals surface area contributed by atoms with Gasteiger partial charge in [0.1, 0.15) is 6.61 Å². The molecule has 2 aromatic rings. The standard InChI is InChI=1S/C24H27F2NO5/c1-3-30-21-16-19(8-11-20(21)32-24(25)26)10-13-23(29)31-15-14-27-22(28)12-9-18-6-4-17(2)5-7-18/h4-8,10-11,13,16,24H,3,9,12,14-15H2,1-2H3,(H,27,28)/b13-10+. The Hall–Kier alpha value is -3.42. The van der Waals surface area contributed by atoms with Crippen LogP contribution in [0.1, 0.15) is 30.0 Å². The van der Waals surface area contributed by atoms with E-state index in [1.54, 1.807) is 6.92 Å². The lowest BCUT2D eigenvalue weighted by Gasteiger charge is -2.11. The van der Waals surface area contributed by atoms with Crippen LogP contribution in [0.2, 0.25) is 0 Å². The van der Waals surface area contributed by atoms with E-state index >= 15 is 0 Å². The molecule has 0 fully saturated rings. The molecule has 0 spiro atoms. The highest BCUT2D eigenvalue weighted by Crippen LogP contribution is 2.30. The molecular weight excluding hydrogens is 420 g/mol. The summed E-state index contributed by atoms with van der Waals surface area (Å²) in [6, 6.07) is 12.3. The molecule has 0 saturated carbocycles. The van der Waals surface area contributed by atoms with Gasteiger partial charge in [-0.3, -0.25) is 4.79 Å². The van der Waals surface area contributed by atoms with E-state index in [1.807, 2.05) is 31.2 Å². The second kappa shape index (κ2) is 13.1. The summed E-state index contributed by atoms with van der Waals surface area (Å²) in [7, 11) is 0. The van der Waals surface area contributed by atoms with E-state index in [-0.39, 0.29) is 37.2 Å². The molecule has 0 aliphatic carbocycles. The largest absolute Gasteiger partial charge is 0.490 e. The minimum Gasteiger partial charge on any atom is -0.490 e. The van der Waals surface area contributed by atoms with Gasteiger partial charge in [0, 0.05) is 12.5 Å². The predicted octanol–water partition coefficient (Wildman–Crippen LogP) is 4.30. The Balaban J connectivity index is 1.72. The van der Waals surface area contributed by atoms with Gasteiger partial charge in [-0.25, -0.2) is 4.79 Å². The van der Waals surface area contributed by atoms with E-state index in [0.717, 1.165) is 5.56 Å². The minimum absolute atomic E-state index is 0.0325. The second-order valence-electron chi connectivity index (χ2n) is 6.85. The first-order valence-electron chi connectivity index (χ1n) is 10.3. The molecule has 2 rings (SSSR count). The van der Waals surface area contributed by atoms with Gasteiger partial charge in [-0.2, -0.15) is 8.78 Å². The summed E-state index contributed by atoms with van der Waals surface area (Å²) in [6.45, 7) is 1.27. The minimum atomic E-state index is -2.96. The van der Waals surface area contributed by atoms with Crippen molar-refractivity contribution in [3.8, 4) is 11.5 Å². The quantitative estimate of drug-likeness (QED) is 0.298. The number of hydrogen-bond donors (Lipinski definition) is 1. The number of amides is 1. The zero-order valence-electron chi connectivity index (χ0n) is 18.1. The number of halogens is 2.